The lowest BCUT2D eigenvalue weighted by atomic mass is 9.68. The monoisotopic (exact) mass is 657 g/mol. The van der Waals surface area contributed by atoms with Crippen LogP contribution in [-0.4, -0.2) is 29.2 Å². The molecule has 2 aliphatic carbocycles. The second-order valence-electron chi connectivity index (χ2n) is 11.0. The molecule has 0 amide bonds. The number of nitriles is 1. The molecule has 0 bridgehead atoms. The van der Waals surface area contributed by atoms with Crippen LogP contribution >= 0.6 is 46.1 Å². The Morgan fingerprint density at radius 2 is 1.31 bits per heavy atom. The summed E-state index contributed by atoms with van der Waals surface area (Å²) < 4.78 is 18.3. The Balaban J connectivity index is 1.27. The molecule has 0 radical (unpaired) electrons. The molecule has 1 saturated carbocycles. The Hall–Kier alpha value is -4.71. The van der Waals surface area contributed by atoms with Crippen molar-refractivity contribution >= 4 is 91.2 Å². The lowest BCUT2D eigenvalue weighted by Crippen LogP contribution is -2.27. The molecule has 0 N–H and O–H groups in total. The van der Waals surface area contributed by atoms with Gasteiger partial charge in [-0.25, -0.2) is 5.26 Å². The molecule has 13 heteroatoms. The summed E-state index contributed by atoms with van der Waals surface area (Å²) in [5, 5.41) is 9.23. The topological polar surface area (TPSA) is 109 Å². The molecule has 0 saturated heterocycles. The van der Waals surface area contributed by atoms with Gasteiger partial charge in [0.2, 0.25) is 5.84 Å². The summed E-state index contributed by atoms with van der Waals surface area (Å²) in [4.78, 5) is 20.3. The Bertz CT molecular complexity index is 2360. The molecule has 0 aliphatic heterocycles. The van der Waals surface area contributed by atoms with Crippen molar-refractivity contribution < 1.29 is 0 Å². The van der Waals surface area contributed by atoms with Gasteiger partial charge >= 0.3 is 5.84 Å². The molecular weight excluding hydrogens is 639 g/mol. The number of nitrogens with zero attached hydrogens (tertiary/aromatic N) is 9. The zero-order valence-electron chi connectivity index (χ0n) is 23.7. The van der Waals surface area contributed by atoms with Gasteiger partial charge in [-0.05, 0) is 67.3 Å². The minimum absolute atomic E-state index is 0.0240. The van der Waals surface area contributed by atoms with E-state index in [1.165, 1.54) is 56.7 Å². The maximum absolute atomic E-state index is 9.23. The molecule has 2 aliphatic rings. The molecule has 216 valence electrons. The number of aliphatic imine (C=N–C) groups is 2. The molecule has 2 aromatic carbocycles. The third kappa shape index (κ3) is 4.26. The molecule has 6 aromatic rings. The van der Waals surface area contributed by atoms with Crippen LogP contribution in [-0.2, 0) is 5.41 Å². The Morgan fingerprint density at radius 3 is 1.82 bits per heavy atom. The van der Waals surface area contributed by atoms with Gasteiger partial charge in [0.25, 0.3) is 0 Å². The predicted molar refractivity (Wildman–Crippen MR) is 183 cm³/mol. The van der Waals surface area contributed by atoms with Crippen LogP contribution in [0.4, 0.5) is 11.4 Å². The second kappa shape index (κ2) is 10.7. The summed E-state index contributed by atoms with van der Waals surface area (Å²) >= 11 is 5.90. The quantitative estimate of drug-likeness (QED) is 0.107. The van der Waals surface area contributed by atoms with Crippen LogP contribution in [0.25, 0.3) is 62.4 Å². The molecule has 0 atom stereocenters. The highest BCUT2D eigenvalue weighted by atomic mass is 32.1. The third-order valence-electron chi connectivity index (χ3n) is 8.60. The van der Waals surface area contributed by atoms with Crippen LogP contribution in [0, 0.1) is 24.5 Å². The number of aromatic nitrogens is 4. The molecule has 9 nitrogen and oxygen atoms in total. The Morgan fingerprint density at radius 1 is 0.778 bits per heavy atom. The van der Waals surface area contributed by atoms with Gasteiger partial charge in [0, 0.05) is 36.1 Å². The van der Waals surface area contributed by atoms with Gasteiger partial charge < -0.3 is 9.69 Å². The lowest BCUT2D eigenvalue weighted by molar-refractivity contribution is 0.354. The summed E-state index contributed by atoms with van der Waals surface area (Å²) in [6.45, 7) is 16.2. The van der Waals surface area contributed by atoms with Gasteiger partial charge in [-0.15, -0.1) is 32.7 Å². The van der Waals surface area contributed by atoms with Crippen LogP contribution in [0.15, 0.2) is 46.4 Å². The standard InChI is InChI=1S/C32H19N9S4/c1-16(34-2)36-21-9-7-17(26-28(21)40-44-38-26)23-13-19-30(42-23)31-20(32(19)11-5-4-6-12-32)14-24(43-31)18-8-10-22(37-25(15-33)35-3)29-27(18)39-45-41-29/h7-10,13-14H,4-6,11-12H2,1H3. The normalized spacial score (nSPS) is 15.6. The first-order valence-corrected chi connectivity index (χ1v) is 17.2. The van der Waals surface area contributed by atoms with Crippen LogP contribution in [0.2, 0.25) is 0 Å². The zero-order chi connectivity index (χ0) is 30.7. The number of amidine groups is 2. The van der Waals surface area contributed by atoms with Crippen molar-refractivity contribution in [2.45, 2.75) is 44.4 Å². The minimum atomic E-state index is -0.223. The maximum atomic E-state index is 9.23. The molecule has 45 heavy (non-hydrogen) atoms. The van der Waals surface area contributed by atoms with Crippen molar-refractivity contribution in [2.75, 3.05) is 0 Å². The van der Waals surface area contributed by atoms with E-state index in [9.17, 15) is 5.26 Å². The van der Waals surface area contributed by atoms with Crippen molar-refractivity contribution in [3.05, 3.63) is 70.4 Å². The van der Waals surface area contributed by atoms with Crippen LogP contribution < -0.4 is 0 Å². The van der Waals surface area contributed by atoms with Gasteiger partial charge in [0.15, 0.2) is 22.4 Å². The van der Waals surface area contributed by atoms with Crippen molar-refractivity contribution in [1.82, 2.24) is 17.5 Å². The van der Waals surface area contributed by atoms with Gasteiger partial charge in [0.05, 0.1) is 23.5 Å². The molecule has 4 aromatic heterocycles. The molecular formula is C32H19N9S4. The lowest BCUT2D eigenvalue weighted by Gasteiger charge is -2.34. The van der Waals surface area contributed by atoms with E-state index in [2.05, 4.69) is 55.4 Å². The molecule has 1 spiro atoms. The largest absolute Gasteiger partial charge is 0.365 e. The highest BCUT2D eigenvalue weighted by Gasteiger charge is 2.47. The van der Waals surface area contributed by atoms with Gasteiger partial charge in [0.1, 0.15) is 17.1 Å². The molecule has 4 heterocycles. The van der Waals surface area contributed by atoms with E-state index in [1.54, 1.807) is 18.3 Å². The predicted octanol–water partition coefficient (Wildman–Crippen LogP) is 9.83. The van der Waals surface area contributed by atoms with E-state index in [0.717, 1.165) is 57.1 Å². The fourth-order valence-electron chi connectivity index (χ4n) is 6.61. The number of fused-ring (bicyclic) bond motifs is 7. The van der Waals surface area contributed by atoms with Crippen molar-refractivity contribution in [3.8, 4) is 36.7 Å². The fourth-order valence-corrected chi connectivity index (χ4v) is 10.5. The summed E-state index contributed by atoms with van der Waals surface area (Å²) in [7, 11) is 0. The minimum Gasteiger partial charge on any atom is -0.365 e. The number of hydrogen-bond acceptors (Lipinski definition) is 11. The average molecular weight is 658 g/mol. The van der Waals surface area contributed by atoms with Gasteiger partial charge in [-0.3, -0.25) is 0 Å². The molecule has 8 rings (SSSR count). The number of benzene rings is 2. The van der Waals surface area contributed by atoms with E-state index in [4.69, 9.17) is 13.1 Å². The highest BCUT2D eigenvalue weighted by Crippen LogP contribution is 2.63. The van der Waals surface area contributed by atoms with Crippen LogP contribution in [0.1, 0.15) is 50.2 Å². The van der Waals surface area contributed by atoms with Crippen LogP contribution in [0.3, 0.4) is 0 Å². The SMILES string of the molecule is [C-]#[N+]C(C)=Nc1ccc(-c2cc3c(s2)-c2sc(-c4ccc(N=C(C#N)[N+]#[C-])c5nsnc45)cc2C32CCCCC2)c2nsnc12. The van der Waals surface area contributed by atoms with Crippen LogP contribution in [0.5, 0.6) is 0 Å². The van der Waals surface area contributed by atoms with E-state index in [1.807, 2.05) is 35.6 Å². The number of thiophene rings is 2. The highest BCUT2D eigenvalue weighted by molar-refractivity contribution is 7.26. The first-order valence-electron chi connectivity index (χ1n) is 14.1. The smallest absolute Gasteiger partial charge is 0.349 e. The average Bonchev–Trinajstić information content (AvgIpc) is 3.90. The van der Waals surface area contributed by atoms with Crippen molar-refractivity contribution in [1.29, 1.82) is 5.26 Å². The van der Waals surface area contributed by atoms with Gasteiger partial charge in [-0.1, -0.05) is 32.4 Å². The van der Waals surface area contributed by atoms with E-state index < -0.39 is 0 Å². The number of rotatable bonds is 4. The first-order chi connectivity index (χ1) is 22.0. The number of hydrogen-bond donors (Lipinski definition) is 0. The summed E-state index contributed by atoms with van der Waals surface area (Å²) in [6, 6.07) is 14.4. The summed E-state index contributed by atoms with van der Waals surface area (Å²) in [5.41, 5.74) is 8.89. The van der Waals surface area contributed by atoms with E-state index in [-0.39, 0.29) is 11.3 Å². The van der Waals surface area contributed by atoms with E-state index in [0.29, 0.717) is 22.7 Å². The second-order valence-corrected chi connectivity index (χ2v) is 14.1. The van der Waals surface area contributed by atoms with Gasteiger partial charge in [-0.2, -0.15) is 17.5 Å². The van der Waals surface area contributed by atoms with Crippen molar-refractivity contribution in [2.24, 2.45) is 9.98 Å². The summed E-state index contributed by atoms with van der Waals surface area (Å²) in [6.07, 6.45) is 5.87. The zero-order valence-corrected chi connectivity index (χ0v) is 26.9. The third-order valence-corrected chi connectivity index (χ3v) is 12.2. The fraction of sp³-hybridized carbons (Fsp3) is 0.219. The first kappa shape index (κ1) is 27.8. The van der Waals surface area contributed by atoms with Crippen molar-refractivity contribution in [3.63, 3.8) is 0 Å². The van der Waals surface area contributed by atoms with E-state index >= 15 is 0 Å². The Labute approximate surface area is 274 Å². The maximum Gasteiger partial charge on any atom is 0.349 e. The molecule has 1 fully saturated rings. The Kier molecular flexibility index (Phi) is 6.63. The molecule has 0 unspecified atom stereocenters. The summed E-state index contributed by atoms with van der Waals surface area (Å²) in [5.74, 6) is 0.148.